The van der Waals surface area contributed by atoms with Crippen molar-refractivity contribution in [3.8, 4) is 11.5 Å². The maximum atomic E-state index is 13.4. The second kappa shape index (κ2) is 13.9. The van der Waals surface area contributed by atoms with Gasteiger partial charge in [0.15, 0.2) is 11.5 Å². The molecule has 8 nitrogen and oxygen atoms in total. The van der Waals surface area contributed by atoms with Gasteiger partial charge in [-0.2, -0.15) is 4.98 Å². The molecule has 1 atom stereocenters. The van der Waals surface area contributed by atoms with Crippen LogP contribution >= 0.6 is 23.4 Å². The first-order valence-corrected chi connectivity index (χ1v) is 15.0. The molecule has 0 saturated heterocycles. The van der Waals surface area contributed by atoms with E-state index in [-0.39, 0.29) is 6.10 Å². The lowest BCUT2D eigenvalue weighted by Crippen LogP contribution is -2.30. The summed E-state index contributed by atoms with van der Waals surface area (Å²) in [5.41, 5.74) is 2.93. The summed E-state index contributed by atoms with van der Waals surface area (Å²) in [6.45, 7) is 8.32. The van der Waals surface area contributed by atoms with E-state index in [1.54, 1.807) is 11.8 Å². The maximum Gasteiger partial charge on any atom is 0.338 e. The molecule has 40 heavy (non-hydrogen) atoms. The molecule has 0 saturated carbocycles. The molecular weight excluding hydrogens is 548 g/mol. The van der Waals surface area contributed by atoms with Crippen LogP contribution in [-0.4, -0.2) is 40.6 Å². The van der Waals surface area contributed by atoms with Gasteiger partial charge in [-0.25, -0.2) is 9.48 Å². The van der Waals surface area contributed by atoms with E-state index in [1.165, 1.54) is 24.6 Å². The van der Waals surface area contributed by atoms with Gasteiger partial charge in [-0.05, 0) is 56.5 Å². The number of hydrogen-bond acceptors (Lipinski definition) is 8. The first-order chi connectivity index (χ1) is 19.3. The number of carbonyl (C=O) groups excluding carboxylic acids is 1. The van der Waals surface area contributed by atoms with E-state index in [9.17, 15) is 4.79 Å². The van der Waals surface area contributed by atoms with Gasteiger partial charge in [0, 0.05) is 16.5 Å². The van der Waals surface area contributed by atoms with E-state index in [1.807, 2.05) is 63.2 Å². The van der Waals surface area contributed by atoms with Gasteiger partial charge >= 0.3 is 5.97 Å². The molecule has 10 heteroatoms. The number of halogens is 1. The number of aromatic nitrogens is 3. The van der Waals surface area contributed by atoms with Crippen LogP contribution in [0.1, 0.15) is 70.5 Å². The predicted octanol–water partition coefficient (Wildman–Crippen LogP) is 7.43. The van der Waals surface area contributed by atoms with Crippen molar-refractivity contribution in [3.63, 3.8) is 0 Å². The fraction of sp³-hybridized carbons (Fsp3) is 0.433. The fourth-order valence-electron chi connectivity index (χ4n) is 4.48. The number of hydrogen-bond donors (Lipinski definition) is 1. The number of allylic oxidation sites excluding steroid dienone is 1. The molecular formula is C30H37ClN4O4S. The number of esters is 1. The van der Waals surface area contributed by atoms with E-state index >= 15 is 0 Å². The Morgan fingerprint density at radius 2 is 1.95 bits per heavy atom. The Hall–Kier alpha value is -3.17. The smallest absolute Gasteiger partial charge is 0.338 e. The second-order valence-electron chi connectivity index (χ2n) is 9.88. The van der Waals surface area contributed by atoms with E-state index in [0.717, 1.165) is 24.0 Å². The fourth-order valence-corrected chi connectivity index (χ4v) is 5.60. The SMILES string of the molecule is CCCCCCOc1ccc(C2C(C(=O)OC(C)C)=C(C)Nc3nc(SCc4ccccc4Cl)nn32)cc1OC. The Labute approximate surface area is 245 Å². The van der Waals surface area contributed by atoms with Gasteiger partial charge in [0.1, 0.15) is 6.04 Å². The lowest BCUT2D eigenvalue weighted by molar-refractivity contribution is -0.143. The lowest BCUT2D eigenvalue weighted by atomic mass is 9.95. The number of benzene rings is 2. The van der Waals surface area contributed by atoms with Crippen LogP contribution in [0.15, 0.2) is 58.9 Å². The summed E-state index contributed by atoms with van der Waals surface area (Å²) < 4.78 is 19.1. The monoisotopic (exact) mass is 584 g/mol. The topological polar surface area (TPSA) is 87.5 Å². The number of fused-ring (bicyclic) bond motifs is 1. The zero-order valence-corrected chi connectivity index (χ0v) is 25.3. The average Bonchev–Trinajstić information content (AvgIpc) is 3.33. The van der Waals surface area contributed by atoms with Crippen molar-refractivity contribution in [2.75, 3.05) is 19.0 Å². The van der Waals surface area contributed by atoms with Gasteiger partial charge in [0.25, 0.3) is 0 Å². The second-order valence-corrected chi connectivity index (χ2v) is 11.2. The maximum absolute atomic E-state index is 13.4. The number of ether oxygens (including phenoxy) is 3. The van der Waals surface area contributed by atoms with E-state index in [2.05, 4.69) is 12.2 Å². The van der Waals surface area contributed by atoms with Crippen LogP contribution in [0.3, 0.4) is 0 Å². The largest absolute Gasteiger partial charge is 0.493 e. The zero-order chi connectivity index (χ0) is 28.6. The van der Waals surface area contributed by atoms with Gasteiger partial charge in [-0.1, -0.05) is 73.8 Å². The predicted molar refractivity (Wildman–Crippen MR) is 159 cm³/mol. The molecule has 2 aromatic carbocycles. The molecule has 0 bridgehead atoms. The van der Waals surface area contributed by atoms with Crippen LogP contribution in [0, 0.1) is 0 Å². The molecule has 214 valence electrons. The van der Waals surface area contributed by atoms with Crippen LogP contribution in [0.5, 0.6) is 11.5 Å². The van der Waals surface area contributed by atoms with Gasteiger partial charge in [0.05, 0.1) is 25.4 Å². The van der Waals surface area contributed by atoms with Crippen molar-refractivity contribution in [1.29, 1.82) is 0 Å². The van der Waals surface area contributed by atoms with E-state index in [0.29, 0.717) is 51.3 Å². The quantitative estimate of drug-likeness (QED) is 0.126. The Bertz CT molecular complexity index is 1360. The zero-order valence-electron chi connectivity index (χ0n) is 23.7. The Morgan fingerprint density at radius 3 is 2.67 bits per heavy atom. The lowest BCUT2D eigenvalue weighted by Gasteiger charge is -2.29. The molecule has 1 N–H and O–H groups in total. The van der Waals surface area contributed by atoms with Crippen molar-refractivity contribution in [2.45, 2.75) is 76.4 Å². The number of carbonyl (C=O) groups is 1. The third-order valence-corrected chi connectivity index (χ3v) is 7.72. The molecule has 0 amide bonds. The highest BCUT2D eigenvalue weighted by Gasteiger charge is 2.36. The Morgan fingerprint density at radius 1 is 1.15 bits per heavy atom. The minimum Gasteiger partial charge on any atom is -0.493 e. The molecule has 4 rings (SSSR count). The highest BCUT2D eigenvalue weighted by atomic mass is 35.5. The number of nitrogens with zero attached hydrogens (tertiary/aromatic N) is 3. The number of methoxy groups -OCH3 is 1. The van der Waals surface area contributed by atoms with Crippen LogP contribution in [0.4, 0.5) is 5.95 Å². The van der Waals surface area contributed by atoms with E-state index < -0.39 is 12.0 Å². The van der Waals surface area contributed by atoms with Gasteiger partial charge < -0.3 is 19.5 Å². The summed E-state index contributed by atoms with van der Waals surface area (Å²) in [6.07, 6.45) is 4.20. The Balaban J connectivity index is 1.66. The van der Waals surface area contributed by atoms with Crippen molar-refractivity contribution in [2.24, 2.45) is 0 Å². The summed E-state index contributed by atoms with van der Waals surface area (Å²) in [5.74, 6) is 2.00. The summed E-state index contributed by atoms with van der Waals surface area (Å²) >= 11 is 7.83. The highest BCUT2D eigenvalue weighted by molar-refractivity contribution is 7.98. The number of anilines is 1. The molecule has 1 aromatic heterocycles. The minimum atomic E-state index is -0.572. The summed E-state index contributed by atoms with van der Waals surface area (Å²) in [6, 6.07) is 12.9. The van der Waals surface area contributed by atoms with Crippen LogP contribution < -0.4 is 14.8 Å². The van der Waals surface area contributed by atoms with Crippen molar-refractivity contribution >= 4 is 35.3 Å². The number of thioether (sulfide) groups is 1. The van der Waals surface area contributed by atoms with Crippen LogP contribution in [0.2, 0.25) is 5.02 Å². The normalized spacial score (nSPS) is 14.6. The number of rotatable bonds is 13. The molecule has 0 radical (unpaired) electrons. The molecule has 0 spiro atoms. The molecule has 1 aliphatic rings. The number of nitrogens with one attached hydrogen (secondary N) is 1. The minimum absolute atomic E-state index is 0.273. The molecule has 2 heterocycles. The molecule has 0 aliphatic carbocycles. The molecule has 3 aromatic rings. The summed E-state index contributed by atoms with van der Waals surface area (Å²) in [4.78, 5) is 18.1. The van der Waals surface area contributed by atoms with Crippen LogP contribution in [-0.2, 0) is 15.3 Å². The molecule has 1 aliphatic heterocycles. The Kier molecular flexibility index (Phi) is 10.4. The van der Waals surface area contributed by atoms with Gasteiger partial charge in [0.2, 0.25) is 11.1 Å². The first kappa shape index (κ1) is 29.8. The van der Waals surface area contributed by atoms with Crippen LogP contribution in [0.25, 0.3) is 0 Å². The van der Waals surface area contributed by atoms with Crippen molar-refractivity contribution in [1.82, 2.24) is 14.8 Å². The van der Waals surface area contributed by atoms with E-state index in [4.69, 9.17) is 35.9 Å². The molecule has 0 fully saturated rings. The average molecular weight is 585 g/mol. The van der Waals surface area contributed by atoms with Gasteiger partial charge in [-0.15, -0.1) is 5.10 Å². The molecule has 1 unspecified atom stereocenters. The standard InChI is InChI=1S/C30H37ClN4O4S/c1-6-7-8-11-16-38-24-15-14-21(17-25(24)37-5)27-26(28(36)39-19(2)3)20(4)32-29-33-30(34-35(27)29)40-18-22-12-9-10-13-23(22)31/h9-10,12-15,17,19,27H,6-8,11,16,18H2,1-5H3,(H,32,33,34). The van der Waals surface area contributed by atoms with Crippen molar-refractivity contribution in [3.05, 3.63) is 69.9 Å². The summed E-state index contributed by atoms with van der Waals surface area (Å²) in [7, 11) is 1.62. The third kappa shape index (κ3) is 7.12. The summed E-state index contributed by atoms with van der Waals surface area (Å²) in [5, 5.41) is 9.32. The van der Waals surface area contributed by atoms with Gasteiger partial charge in [-0.3, -0.25) is 0 Å². The number of unbranched alkanes of at least 4 members (excludes halogenated alkanes) is 3. The van der Waals surface area contributed by atoms with Crippen molar-refractivity contribution < 1.29 is 19.0 Å². The third-order valence-electron chi connectivity index (χ3n) is 6.47. The highest BCUT2D eigenvalue weighted by Crippen LogP contribution is 2.40. The first-order valence-electron chi connectivity index (χ1n) is 13.6.